The average Bonchev–Trinajstić information content (AvgIpc) is 3.09. The summed E-state index contributed by atoms with van der Waals surface area (Å²) in [6, 6.07) is 2.75. The number of benzene rings is 1. The van der Waals surface area contributed by atoms with Gasteiger partial charge < -0.3 is 4.74 Å². The molecule has 1 heterocycles. The second-order valence-corrected chi connectivity index (χ2v) is 6.88. The number of alkyl halides is 3. The molecule has 2 aliphatic rings. The first-order valence-electron chi connectivity index (χ1n) is 8.17. The van der Waals surface area contributed by atoms with E-state index in [2.05, 4.69) is 0 Å². The van der Waals surface area contributed by atoms with Gasteiger partial charge in [-0.3, -0.25) is 0 Å². The van der Waals surface area contributed by atoms with Gasteiger partial charge in [-0.1, -0.05) is 27.7 Å². The highest BCUT2D eigenvalue weighted by Crippen LogP contribution is 2.63. The Morgan fingerprint density at radius 2 is 1.74 bits per heavy atom. The van der Waals surface area contributed by atoms with E-state index in [1.165, 1.54) is 12.1 Å². The van der Waals surface area contributed by atoms with Crippen molar-refractivity contribution in [2.24, 2.45) is 5.41 Å². The van der Waals surface area contributed by atoms with Gasteiger partial charge in [0, 0.05) is 17.5 Å². The van der Waals surface area contributed by atoms with Gasteiger partial charge in [0.25, 0.3) is 0 Å². The van der Waals surface area contributed by atoms with Gasteiger partial charge in [-0.25, -0.2) is 4.39 Å². The summed E-state index contributed by atoms with van der Waals surface area (Å²) in [6.07, 6.45) is -3.28. The highest BCUT2D eigenvalue weighted by Gasteiger charge is 2.64. The van der Waals surface area contributed by atoms with Crippen LogP contribution in [-0.4, -0.2) is 12.8 Å². The summed E-state index contributed by atoms with van der Waals surface area (Å²) in [5.41, 5.74) is -1.06. The Morgan fingerprint density at radius 1 is 1.13 bits per heavy atom. The van der Waals surface area contributed by atoms with Crippen LogP contribution < -0.4 is 4.74 Å². The van der Waals surface area contributed by atoms with Crippen LogP contribution in [0.1, 0.15) is 58.1 Å². The fraction of sp³-hybridized carbons (Fsp3) is 0.667. The summed E-state index contributed by atoms with van der Waals surface area (Å²) in [5.74, 6) is 0.179. The summed E-state index contributed by atoms with van der Waals surface area (Å²) >= 11 is 0. The minimum atomic E-state index is -4.19. The van der Waals surface area contributed by atoms with E-state index in [4.69, 9.17) is 4.74 Å². The van der Waals surface area contributed by atoms with E-state index in [-0.39, 0.29) is 19.3 Å². The van der Waals surface area contributed by atoms with Gasteiger partial charge in [0.1, 0.15) is 11.6 Å². The lowest BCUT2D eigenvalue weighted by Gasteiger charge is -2.32. The van der Waals surface area contributed by atoms with Gasteiger partial charge in [0.15, 0.2) is 0 Å². The van der Waals surface area contributed by atoms with Crippen molar-refractivity contribution >= 4 is 0 Å². The molecule has 1 aliphatic carbocycles. The van der Waals surface area contributed by atoms with Crippen molar-refractivity contribution < 1.29 is 22.3 Å². The van der Waals surface area contributed by atoms with Gasteiger partial charge >= 0.3 is 6.18 Å². The van der Waals surface area contributed by atoms with E-state index < -0.39 is 22.8 Å². The van der Waals surface area contributed by atoms with Crippen molar-refractivity contribution in [1.29, 1.82) is 0 Å². The maximum atomic E-state index is 13.8. The van der Waals surface area contributed by atoms with Crippen molar-refractivity contribution in [1.82, 2.24) is 0 Å². The Balaban J connectivity index is 0.000000924. The van der Waals surface area contributed by atoms with Crippen LogP contribution in [0.3, 0.4) is 0 Å². The lowest BCUT2D eigenvalue weighted by Crippen LogP contribution is -2.32. The van der Waals surface area contributed by atoms with Crippen LogP contribution in [0.4, 0.5) is 17.6 Å². The average molecular weight is 332 g/mol. The first-order valence-corrected chi connectivity index (χ1v) is 8.17. The van der Waals surface area contributed by atoms with E-state index in [0.717, 1.165) is 5.56 Å². The molecule has 0 radical (unpaired) electrons. The molecule has 0 saturated heterocycles. The number of hydrogen-bond donors (Lipinski definition) is 0. The third-order valence-electron chi connectivity index (χ3n) is 4.71. The minimum Gasteiger partial charge on any atom is -0.493 e. The van der Waals surface area contributed by atoms with Crippen molar-refractivity contribution in [3.63, 3.8) is 0 Å². The SMILES string of the molecule is CC.CC(C)(CC1(C(F)(F)F)CC1)c1cc(F)cc2c1OCC2. The van der Waals surface area contributed by atoms with Crippen LogP contribution in [0.15, 0.2) is 12.1 Å². The second kappa shape index (κ2) is 5.99. The molecule has 3 rings (SSSR count). The number of halogens is 4. The molecular weight excluding hydrogens is 308 g/mol. The summed E-state index contributed by atoms with van der Waals surface area (Å²) in [7, 11) is 0. The van der Waals surface area contributed by atoms with Gasteiger partial charge in [-0.15, -0.1) is 0 Å². The third-order valence-corrected chi connectivity index (χ3v) is 4.71. The van der Waals surface area contributed by atoms with Crippen molar-refractivity contribution in [3.05, 3.63) is 29.1 Å². The minimum absolute atomic E-state index is 0.0250. The smallest absolute Gasteiger partial charge is 0.394 e. The molecular formula is C18H24F4O. The molecule has 1 aromatic rings. The molecule has 1 fully saturated rings. The normalized spacial score (nSPS) is 18.6. The highest BCUT2D eigenvalue weighted by molar-refractivity contribution is 5.48. The first-order chi connectivity index (χ1) is 10.6. The monoisotopic (exact) mass is 332 g/mol. The molecule has 5 heteroatoms. The van der Waals surface area contributed by atoms with Crippen LogP contribution in [0, 0.1) is 11.2 Å². The Hall–Kier alpha value is -1.26. The van der Waals surface area contributed by atoms with Gasteiger partial charge in [0.2, 0.25) is 0 Å². The Bertz CT molecular complexity index is 571. The molecule has 0 amide bonds. The molecule has 0 unspecified atom stereocenters. The Kier molecular flexibility index (Phi) is 4.71. The molecule has 1 aliphatic heterocycles. The Labute approximate surface area is 135 Å². The number of rotatable bonds is 3. The van der Waals surface area contributed by atoms with Crippen molar-refractivity contribution in [2.45, 2.75) is 65.0 Å². The molecule has 0 aromatic heterocycles. The quantitative estimate of drug-likeness (QED) is 0.636. The van der Waals surface area contributed by atoms with Crippen LogP contribution >= 0.6 is 0 Å². The van der Waals surface area contributed by atoms with Crippen LogP contribution in [0.5, 0.6) is 5.75 Å². The second-order valence-electron chi connectivity index (χ2n) is 6.88. The Morgan fingerprint density at radius 3 is 2.26 bits per heavy atom. The molecule has 1 aromatic carbocycles. The third kappa shape index (κ3) is 3.33. The predicted molar refractivity (Wildman–Crippen MR) is 82.3 cm³/mol. The zero-order chi connectivity index (χ0) is 17.5. The molecule has 1 saturated carbocycles. The molecule has 0 atom stereocenters. The largest absolute Gasteiger partial charge is 0.493 e. The van der Waals surface area contributed by atoms with E-state index in [0.29, 0.717) is 24.3 Å². The van der Waals surface area contributed by atoms with E-state index in [9.17, 15) is 17.6 Å². The summed E-state index contributed by atoms with van der Waals surface area (Å²) in [5, 5.41) is 0. The predicted octanol–water partition coefficient (Wildman–Crippen LogP) is 5.80. The topological polar surface area (TPSA) is 9.23 Å². The molecule has 1 nitrogen and oxygen atoms in total. The van der Waals surface area contributed by atoms with E-state index in [1.54, 1.807) is 13.8 Å². The maximum absolute atomic E-state index is 13.8. The fourth-order valence-corrected chi connectivity index (χ4v) is 3.42. The standard InChI is InChI=1S/C16H18F4O.C2H6/c1-14(2,9-15(4-5-15)16(18,19)20)12-8-11(17)7-10-3-6-21-13(10)12;1-2/h7-8H,3-6,9H2,1-2H3;1-2H3. The molecule has 0 bridgehead atoms. The molecule has 0 N–H and O–H groups in total. The molecule has 130 valence electrons. The van der Waals surface area contributed by atoms with Gasteiger partial charge in [-0.2, -0.15) is 13.2 Å². The lowest BCUT2D eigenvalue weighted by atomic mass is 9.74. The molecule has 23 heavy (non-hydrogen) atoms. The summed E-state index contributed by atoms with van der Waals surface area (Å²) in [4.78, 5) is 0. The highest BCUT2D eigenvalue weighted by atomic mass is 19.4. The molecule has 0 spiro atoms. The summed E-state index contributed by atoms with van der Waals surface area (Å²) < 4.78 is 58.9. The van der Waals surface area contributed by atoms with Gasteiger partial charge in [0.05, 0.1) is 12.0 Å². The number of ether oxygens (including phenoxy) is 1. The van der Waals surface area contributed by atoms with Crippen LogP contribution in [-0.2, 0) is 11.8 Å². The zero-order valence-corrected chi connectivity index (χ0v) is 14.1. The van der Waals surface area contributed by atoms with E-state index >= 15 is 0 Å². The van der Waals surface area contributed by atoms with Crippen molar-refractivity contribution in [3.8, 4) is 5.75 Å². The van der Waals surface area contributed by atoms with E-state index in [1.807, 2.05) is 13.8 Å². The van der Waals surface area contributed by atoms with Gasteiger partial charge in [-0.05, 0) is 36.8 Å². The van der Waals surface area contributed by atoms with Crippen LogP contribution in [0.25, 0.3) is 0 Å². The fourth-order valence-electron chi connectivity index (χ4n) is 3.42. The zero-order valence-electron chi connectivity index (χ0n) is 14.1. The van der Waals surface area contributed by atoms with Crippen molar-refractivity contribution in [2.75, 3.05) is 6.61 Å². The number of hydrogen-bond acceptors (Lipinski definition) is 1. The number of fused-ring (bicyclic) bond motifs is 1. The lowest BCUT2D eigenvalue weighted by molar-refractivity contribution is -0.192. The first kappa shape index (κ1) is 18.1. The maximum Gasteiger partial charge on any atom is 0.394 e. The van der Waals surface area contributed by atoms with Crippen LogP contribution in [0.2, 0.25) is 0 Å². The summed E-state index contributed by atoms with van der Waals surface area (Å²) in [6.45, 7) is 7.96.